The Balaban J connectivity index is 1.96. The average Bonchev–Trinajstić information content (AvgIpc) is 2.84. The Labute approximate surface area is 214 Å². The van der Waals surface area contributed by atoms with Gasteiger partial charge in [0.2, 0.25) is 0 Å². The van der Waals surface area contributed by atoms with Crippen molar-refractivity contribution in [2.75, 3.05) is 19.8 Å². The molecule has 1 aromatic rings. The van der Waals surface area contributed by atoms with Crippen molar-refractivity contribution >= 4 is 7.82 Å². The number of hydrogen-bond donors (Lipinski definition) is 2. The molecule has 6 nitrogen and oxygen atoms in total. The number of rotatable bonds is 25. The van der Waals surface area contributed by atoms with E-state index in [2.05, 4.69) is 11.4 Å². The van der Waals surface area contributed by atoms with E-state index >= 15 is 0 Å². The molecule has 1 aromatic carbocycles. The molecule has 0 aliphatic carbocycles. The highest BCUT2D eigenvalue weighted by molar-refractivity contribution is 7.46. The first-order chi connectivity index (χ1) is 17.0. The molecule has 0 aliphatic rings. The van der Waals surface area contributed by atoms with Crippen LogP contribution >= 0.6 is 7.82 Å². The molecule has 0 aliphatic heterocycles. The Bertz CT molecular complexity index is 621. The summed E-state index contributed by atoms with van der Waals surface area (Å²) in [6.07, 6.45) is 20.8. The van der Waals surface area contributed by atoms with Crippen molar-refractivity contribution < 1.29 is 28.3 Å². The van der Waals surface area contributed by atoms with Crippen molar-refractivity contribution in [1.29, 1.82) is 0 Å². The van der Waals surface area contributed by atoms with Crippen LogP contribution in [0.15, 0.2) is 30.3 Å². The minimum Gasteiger partial charge on any atom is -0.379 e. The molecule has 1 rings (SSSR count). The Hall–Kier alpha value is -0.750. The first-order valence-corrected chi connectivity index (χ1v) is 15.5. The van der Waals surface area contributed by atoms with E-state index in [1.54, 1.807) is 0 Å². The SMILES string of the molecule is CCCCCCCCCCCCCCCCCCOCC(COP(=O)(O)O)OCc1ccccc1. The maximum Gasteiger partial charge on any atom is 0.469 e. The van der Waals surface area contributed by atoms with Crippen LogP contribution in [-0.4, -0.2) is 35.7 Å². The summed E-state index contributed by atoms with van der Waals surface area (Å²) in [5.74, 6) is 0. The fourth-order valence-corrected chi connectivity index (χ4v) is 4.44. The lowest BCUT2D eigenvalue weighted by molar-refractivity contribution is -0.0493. The minimum atomic E-state index is -4.53. The van der Waals surface area contributed by atoms with Crippen molar-refractivity contribution in [2.45, 2.75) is 122 Å². The average molecular weight is 515 g/mol. The number of phosphoric ester groups is 1. The molecule has 204 valence electrons. The topological polar surface area (TPSA) is 85.2 Å². The van der Waals surface area contributed by atoms with E-state index in [9.17, 15) is 4.57 Å². The Morgan fingerprint density at radius 1 is 0.714 bits per heavy atom. The van der Waals surface area contributed by atoms with Crippen LogP contribution < -0.4 is 0 Å². The lowest BCUT2D eigenvalue weighted by atomic mass is 10.0. The van der Waals surface area contributed by atoms with Gasteiger partial charge in [0.05, 0.1) is 19.8 Å². The summed E-state index contributed by atoms with van der Waals surface area (Å²) in [7, 11) is -4.53. The summed E-state index contributed by atoms with van der Waals surface area (Å²) >= 11 is 0. The molecule has 7 heteroatoms. The van der Waals surface area contributed by atoms with Crippen LogP contribution in [0.3, 0.4) is 0 Å². The standard InChI is InChI=1S/C28H51O6P/c1-2-3-4-5-6-7-8-9-10-11-12-13-14-15-16-20-23-32-25-28(26-34-35(29,30)31)33-24-27-21-18-17-19-22-27/h17-19,21-22,28H,2-16,20,23-26H2,1H3,(H2,29,30,31). The van der Waals surface area contributed by atoms with Gasteiger partial charge >= 0.3 is 7.82 Å². The van der Waals surface area contributed by atoms with Crippen LogP contribution in [0.1, 0.15) is 115 Å². The first-order valence-electron chi connectivity index (χ1n) is 13.9. The molecule has 0 fully saturated rings. The third-order valence-corrected chi connectivity index (χ3v) is 6.69. The number of hydrogen-bond acceptors (Lipinski definition) is 4. The third-order valence-electron chi connectivity index (χ3n) is 6.20. The van der Waals surface area contributed by atoms with Crippen LogP contribution in [-0.2, 0) is 25.2 Å². The molecule has 1 unspecified atom stereocenters. The number of benzene rings is 1. The minimum absolute atomic E-state index is 0.198. The van der Waals surface area contributed by atoms with Crippen molar-refractivity contribution in [3.63, 3.8) is 0 Å². The lowest BCUT2D eigenvalue weighted by Gasteiger charge is -2.18. The molecule has 0 bridgehead atoms. The summed E-state index contributed by atoms with van der Waals surface area (Å²) in [5.41, 5.74) is 0.992. The third kappa shape index (κ3) is 22.2. The number of phosphoric acid groups is 1. The van der Waals surface area contributed by atoms with Gasteiger partial charge < -0.3 is 19.3 Å². The molecular weight excluding hydrogens is 463 g/mol. The van der Waals surface area contributed by atoms with Gasteiger partial charge in [-0.25, -0.2) is 4.57 Å². The van der Waals surface area contributed by atoms with Gasteiger partial charge in [0.15, 0.2) is 0 Å². The van der Waals surface area contributed by atoms with Gasteiger partial charge in [-0.15, -0.1) is 0 Å². The highest BCUT2D eigenvalue weighted by atomic mass is 31.2. The first kappa shape index (κ1) is 32.3. The quantitative estimate of drug-likeness (QED) is 0.102. The van der Waals surface area contributed by atoms with Gasteiger partial charge in [-0.3, -0.25) is 4.52 Å². The van der Waals surface area contributed by atoms with Crippen molar-refractivity contribution in [3.05, 3.63) is 35.9 Å². The second-order valence-corrected chi connectivity index (χ2v) is 10.8. The van der Waals surface area contributed by atoms with Crippen molar-refractivity contribution in [2.24, 2.45) is 0 Å². The summed E-state index contributed by atoms with van der Waals surface area (Å²) in [6.45, 7) is 3.30. The van der Waals surface area contributed by atoms with Crippen LogP contribution in [0.2, 0.25) is 0 Å². The van der Waals surface area contributed by atoms with E-state index in [-0.39, 0.29) is 13.2 Å². The Morgan fingerprint density at radius 2 is 1.20 bits per heavy atom. The van der Waals surface area contributed by atoms with E-state index in [1.807, 2.05) is 30.3 Å². The maximum absolute atomic E-state index is 11.0. The van der Waals surface area contributed by atoms with E-state index < -0.39 is 13.9 Å². The second-order valence-electron chi connectivity index (χ2n) is 9.58. The lowest BCUT2D eigenvalue weighted by Crippen LogP contribution is -2.25. The normalized spacial score (nSPS) is 12.8. The fraction of sp³-hybridized carbons (Fsp3) is 0.786. The molecule has 0 aromatic heterocycles. The molecule has 2 N–H and O–H groups in total. The van der Waals surface area contributed by atoms with Crippen LogP contribution in [0.4, 0.5) is 0 Å². The van der Waals surface area contributed by atoms with Crippen molar-refractivity contribution in [3.8, 4) is 0 Å². The zero-order valence-electron chi connectivity index (χ0n) is 22.1. The Morgan fingerprint density at radius 3 is 1.69 bits per heavy atom. The van der Waals surface area contributed by atoms with Gasteiger partial charge in [0.25, 0.3) is 0 Å². The van der Waals surface area contributed by atoms with Crippen LogP contribution in [0.5, 0.6) is 0 Å². The zero-order valence-corrected chi connectivity index (χ0v) is 23.0. The summed E-state index contributed by atoms with van der Waals surface area (Å²) in [5, 5.41) is 0. The van der Waals surface area contributed by atoms with E-state index in [0.29, 0.717) is 13.2 Å². The fourth-order valence-electron chi connectivity index (χ4n) is 4.08. The second kappa shape index (κ2) is 22.4. The summed E-state index contributed by atoms with van der Waals surface area (Å²) in [4.78, 5) is 17.9. The number of unbranched alkanes of at least 4 members (excludes halogenated alkanes) is 15. The van der Waals surface area contributed by atoms with E-state index in [4.69, 9.17) is 19.3 Å². The van der Waals surface area contributed by atoms with Gasteiger partial charge in [0, 0.05) is 6.61 Å². The molecule has 0 amide bonds. The van der Waals surface area contributed by atoms with Crippen LogP contribution in [0.25, 0.3) is 0 Å². The highest BCUT2D eigenvalue weighted by Crippen LogP contribution is 2.35. The zero-order chi connectivity index (χ0) is 25.5. The monoisotopic (exact) mass is 514 g/mol. The molecular formula is C28H51O6P. The molecule has 0 saturated heterocycles. The van der Waals surface area contributed by atoms with Gasteiger partial charge in [-0.1, -0.05) is 134 Å². The highest BCUT2D eigenvalue weighted by Gasteiger charge is 2.19. The smallest absolute Gasteiger partial charge is 0.379 e. The Kier molecular flexibility index (Phi) is 20.7. The molecule has 0 saturated carbocycles. The van der Waals surface area contributed by atoms with Gasteiger partial charge in [0.1, 0.15) is 6.10 Å². The molecule has 35 heavy (non-hydrogen) atoms. The molecule has 0 heterocycles. The van der Waals surface area contributed by atoms with E-state index in [1.165, 1.54) is 89.9 Å². The molecule has 1 atom stereocenters. The van der Waals surface area contributed by atoms with E-state index in [0.717, 1.165) is 18.4 Å². The van der Waals surface area contributed by atoms with Gasteiger partial charge in [-0.05, 0) is 12.0 Å². The number of ether oxygens (including phenoxy) is 2. The molecule has 0 radical (unpaired) electrons. The molecule has 0 spiro atoms. The van der Waals surface area contributed by atoms with Crippen LogP contribution in [0, 0.1) is 0 Å². The largest absolute Gasteiger partial charge is 0.469 e. The van der Waals surface area contributed by atoms with Gasteiger partial charge in [-0.2, -0.15) is 0 Å². The predicted octanol–water partition coefficient (Wildman–Crippen LogP) is 7.96. The summed E-state index contributed by atoms with van der Waals surface area (Å²) in [6, 6.07) is 9.66. The maximum atomic E-state index is 11.0. The van der Waals surface area contributed by atoms with Crippen molar-refractivity contribution in [1.82, 2.24) is 0 Å². The predicted molar refractivity (Wildman–Crippen MR) is 143 cm³/mol. The summed E-state index contributed by atoms with van der Waals surface area (Å²) < 4.78 is 27.1.